The van der Waals surface area contributed by atoms with E-state index in [1.54, 1.807) is 6.07 Å². The number of nitrogens with zero attached hydrogens (tertiary/aromatic N) is 1. The molecule has 1 aliphatic carbocycles. The minimum absolute atomic E-state index is 0.0664. The second kappa shape index (κ2) is 6.66. The third kappa shape index (κ3) is 3.60. The first-order valence-electron chi connectivity index (χ1n) is 7.96. The van der Waals surface area contributed by atoms with Gasteiger partial charge in [0.1, 0.15) is 5.82 Å². The van der Waals surface area contributed by atoms with Crippen molar-refractivity contribution in [3.05, 3.63) is 34.6 Å². The van der Waals surface area contributed by atoms with E-state index in [9.17, 15) is 4.39 Å². The molecule has 0 radical (unpaired) electrons. The molecule has 0 amide bonds. The van der Waals surface area contributed by atoms with Crippen LogP contribution in [0.4, 0.5) is 4.39 Å². The summed E-state index contributed by atoms with van der Waals surface area (Å²) < 4.78 is 14.2. The Balaban J connectivity index is 2.19. The Hall–Kier alpha value is -0.600. The molecule has 1 nitrogen and oxygen atoms in total. The third-order valence-electron chi connectivity index (χ3n) is 5.40. The number of halogens is 2. The monoisotopic (exact) mass is 311 g/mol. The van der Waals surface area contributed by atoms with E-state index in [1.165, 1.54) is 12.8 Å². The van der Waals surface area contributed by atoms with Crippen molar-refractivity contribution in [3.8, 4) is 0 Å². The molecule has 0 aromatic heterocycles. The molecule has 1 aromatic rings. The van der Waals surface area contributed by atoms with Crippen LogP contribution in [0.1, 0.15) is 45.1 Å². The summed E-state index contributed by atoms with van der Waals surface area (Å²) >= 11 is 5.93. The average Bonchev–Trinajstić information content (AvgIpc) is 2.44. The number of hydrogen-bond acceptors (Lipinski definition) is 1. The maximum absolute atomic E-state index is 14.2. The Morgan fingerprint density at radius 3 is 2.43 bits per heavy atom. The SMILES string of the molecule is CC(C)C1CCC(Cc2cccc(Cl)c2F)(N(C)C)CC1. The lowest BCUT2D eigenvalue weighted by atomic mass is 9.70. The molecule has 0 saturated heterocycles. The first-order chi connectivity index (χ1) is 9.85. The standard InChI is InChI=1S/C18H27ClFN/c1-13(2)14-8-10-18(11-9-14,21(3)4)12-15-6-5-7-16(19)17(15)20/h5-7,13-14H,8-12H2,1-4H3. The lowest BCUT2D eigenvalue weighted by molar-refractivity contribution is 0.0676. The highest BCUT2D eigenvalue weighted by Gasteiger charge is 2.38. The maximum atomic E-state index is 14.2. The van der Waals surface area contributed by atoms with E-state index >= 15 is 0 Å². The van der Waals surface area contributed by atoms with Crippen LogP contribution in [0.3, 0.4) is 0 Å². The van der Waals surface area contributed by atoms with E-state index in [-0.39, 0.29) is 16.4 Å². The van der Waals surface area contributed by atoms with Gasteiger partial charge in [-0.05, 0) is 69.7 Å². The first kappa shape index (κ1) is 16.8. The summed E-state index contributed by atoms with van der Waals surface area (Å²) in [5, 5.41) is 0.234. The van der Waals surface area contributed by atoms with Gasteiger partial charge in [-0.1, -0.05) is 37.6 Å². The van der Waals surface area contributed by atoms with Gasteiger partial charge in [-0.15, -0.1) is 0 Å². The molecule has 0 unspecified atom stereocenters. The van der Waals surface area contributed by atoms with Crippen LogP contribution in [-0.2, 0) is 6.42 Å². The van der Waals surface area contributed by atoms with E-state index in [0.29, 0.717) is 0 Å². The molecule has 0 aliphatic heterocycles. The van der Waals surface area contributed by atoms with Gasteiger partial charge in [0.25, 0.3) is 0 Å². The normalized spacial score (nSPS) is 26.6. The molecular weight excluding hydrogens is 285 g/mol. The van der Waals surface area contributed by atoms with E-state index in [2.05, 4.69) is 32.8 Å². The minimum atomic E-state index is -0.244. The van der Waals surface area contributed by atoms with Crippen LogP contribution < -0.4 is 0 Å². The molecule has 0 N–H and O–H groups in total. The van der Waals surface area contributed by atoms with Crippen molar-refractivity contribution in [1.29, 1.82) is 0 Å². The van der Waals surface area contributed by atoms with Crippen LogP contribution >= 0.6 is 11.6 Å². The third-order valence-corrected chi connectivity index (χ3v) is 5.70. The Morgan fingerprint density at radius 1 is 1.29 bits per heavy atom. The van der Waals surface area contributed by atoms with Crippen molar-refractivity contribution in [2.75, 3.05) is 14.1 Å². The molecule has 0 spiro atoms. The van der Waals surface area contributed by atoms with Gasteiger partial charge in [0.2, 0.25) is 0 Å². The highest BCUT2D eigenvalue weighted by molar-refractivity contribution is 6.30. The maximum Gasteiger partial charge on any atom is 0.145 e. The molecular formula is C18H27ClFN. The Labute approximate surface area is 133 Å². The fraction of sp³-hybridized carbons (Fsp3) is 0.667. The van der Waals surface area contributed by atoms with Gasteiger partial charge in [-0.25, -0.2) is 4.39 Å². The molecule has 1 aromatic carbocycles. The van der Waals surface area contributed by atoms with Gasteiger partial charge in [-0.3, -0.25) is 0 Å². The zero-order valence-electron chi connectivity index (χ0n) is 13.6. The predicted octanol–water partition coefficient (Wildman–Crippen LogP) is 5.17. The van der Waals surface area contributed by atoms with Gasteiger partial charge in [0.05, 0.1) is 5.02 Å². The summed E-state index contributed by atoms with van der Waals surface area (Å²) in [6, 6.07) is 5.35. The van der Waals surface area contributed by atoms with Gasteiger partial charge in [-0.2, -0.15) is 0 Å². The van der Waals surface area contributed by atoms with E-state index in [4.69, 9.17) is 11.6 Å². The second-order valence-electron chi connectivity index (χ2n) is 7.09. The molecule has 118 valence electrons. The van der Waals surface area contributed by atoms with Crippen LogP contribution in [0.2, 0.25) is 5.02 Å². The van der Waals surface area contributed by atoms with Gasteiger partial charge in [0.15, 0.2) is 0 Å². The summed E-state index contributed by atoms with van der Waals surface area (Å²) in [5.74, 6) is 1.31. The summed E-state index contributed by atoms with van der Waals surface area (Å²) in [5.41, 5.74) is 0.816. The first-order valence-corrected chi connectivity index (χ1v) is 8.34. The number of likely N-dealkylation sites (N-methyl/N-ethyl adjacent to an activating group) is 1. The van der Waals surface area contributed by atoms with E-state index in [1.807, 2.05) is 12.1 Å². The minimum Gasteiger partial charge on any atom is -0.303 e. The number of rotatable bonds is 4. The quantitative estimate of drug-likeness (QED) is 0.741. The lowest BCUT2D eigenvalue weighted by Crippen LogP contribution is -2.49. The Bertz CT molecular complexity index is 476. The van der Waals surface area contributed by atoms with Gasteiger partial charge < -0.3 is 4.90 Å². The largest absolute Gasteiger partial charge is 0.303 e. The number of hydrogen-bond donors (Lipinski definition) is 0. The highest BCUT2D eigenvalue weighted by atomic mass is 35.5. The van der Waals surface area contributed by atoms with Crippen LogP contribution in [-0.4, -0.2) is 24.5 Å². The molecule has 1 fully saturated rings. The zero-order chi connectivity index (χ0) is 15.6. The fourth-order valence-electron chi connectivity index (χ4n) is 3.67. The molecule has 3 heteroatoms. The fourth-order valence-corrected chi connectivity index (χ4v) is 3.86. The van der Waals surface area contributed by atoms with Crippen molar-refractivity contribution >= 4 is 11.6 Å². The van der Waals surface area contributed by atoms with Gasteiger partial charge in [0, 0.05) is 5.54 Å². The summed E-state index contributed by atoms with van der Waals surface area (Å²) in [4.78, 5) is 2.30. The van der Waals surface area contributed by atoms with Crippen LogP contribution in [0, 0.1) is 17.7 Å². The second-order valence-corrected chi connectivity index (χ2v) is 7.50. The topological polar surface area (TPSA) is 3.24 Å². The lowest BCUT2D eigenvalue weighted by Gasteiger charge is -2.46. The van der Waals surface area contributed by atoms with Crippen LogP contribution in [0.25, 0.3) is 0 Å². The smallest absolute Gasteiger partial charge is 0.145 e. The number of benzene rings is 1. The predicted molar refractivity (Wildman–Crippen MR) is 88.3 cm³/mol. The van der Waals surface area contributed by atoms with Crippen molar-refractivity contribution in [3.63, 3.8) is 0 Å². The Morgan fingerprint density at radius 2 is 1.90 bits per heavy atom. The van der Waals surface area contributed by atoms with Crippen molar-refractivity contribution in [2.45, 2.75) is 51.5 Å². The van der Waals surface area contributed by atoms with Crippen molar-refractivity contribution in [2.24, 2.45) is 11.8 Å². The van der Waals surface area contributed by atoms with Crippen LogP contribution in [0.5, 0.6) is 0 Å². The molecule has 0 atom stereocenters. The average molecular weight is 312 g/mol. The zero-order valence-corrected chi connectivity index (χ0v) is 14.4. The Kier molecular flexibility index (Phi) is 5.32. The summed E-state index contributed by atoms with van der Waals surface area (Å²) in [6.45, 7) is 4.62. The van der Waals surface area contributed by atoms with E-state index in [0.717, 1.165) is 36.7 Å². The molecule has 0 heterocycles. The summed E-state index contributed by atoms with van der Waals surface area (Å²) in [7, 11) is 4.25. The van der Waals surface area contributed by atoms with Crippen molar-refractivity contribution in [1.82, 2.24) is 4.90 Å². The van der Waals surface area contributed by atoms with E-state index < -0.39 is 0 Å². The molecule has 1 aliphatic rings. The van der Waals surface area contributed by atoms with Gasteiger partial charge >= 0.3 is 0 Å². The van der Waals surface area contributed by atoms with Crippen molar-refractivity contribution < 1.29 is 4.39 Å². The summed E-state index contributed by atoms with van der Waals surface area (Å²) in [6.07, 6.45) is 5.48. The molecule has 2 rings (SSSR count). The van der Waals surface area contributed by atoms with Crippen LogP contribution in [0.15, 0.2) is 18.2 Å². The molecule has 21 heavy (non-hydrogen) atoms. The molecule has 0 bridgehead atoms. The molecule has 1 saturated carbocycles. The highest BCUT2D eigenvalue weighted by Crippen LogP contribution is 2.41.